The zero-order valence-corrected chi connectivity index (χ0v) is 18.3. The molecule has 3 rings (SSSR count). The molecule has 0 atom stereocenters. The van der Waals surface area contributed by atoms with Gasteiger partial charge in [0.2, 0.25) is 5.91 Å². The number of anilines is 3. The Morgan fingerprint density at radius 2 is 1.52 bits per heavy atom. The monoisotopic (exact) mass is 457 g/mol. The van der Waals surface area contributed by atoms with E-state index in [1.807, 2.05) is 6.92 Å². The molecular formula is C22H20ClN3O4S. The van der Waals surface area contributed by atoms with Crippen molar-refractivity contribution < 1.29 is 18.0 Å². The number of hydrogen-bond donors (Lipinski definition) is 3. The predicted octanol–water partition coefficient (Wildman–Crippen LogP) is 4.66. The molecule has 0 unspecified atom stereocenters. The molecule has 0 bridgehead atoms. The topological polar surface area (TPSA) is 104 Å². The van der Waals surface area contributed by atoms with E-state index < -0.39 is 15.9 Å². The van der Waals surface area contributed by atoms with Crippen LogP contribution in [0.1, 0.15) is 22.8 Å². The molecule has 2 amide bonds. The molecule has 160 valence electrons. The van der Waals surface area contributed by atoms with Crippen LogP contribution in [0.3, 0.4) is 0 Å². The minimum Gasteiger partial charge on any atom is -0.326 e. The number of rotatable bonds is 6. The van der Waals surface area contributed by atoms with Crippen LogP contribution in [0.2, 0.25) is 5.02 Å². The molecule has 0 aliphatic heterocycles. The number of carbonyl (C=O) groups excluding carboxylic acids is 2. The molecule has 0 heterocycles. The molecule has 0 radical (unpaired) electrons. The first-order valence-corrected chi connectivity index (χ1v) is 11.1. The average Bonchev–Trinajstić information content (AvgIpc) is 2.69. The normalized spacial score (nSPS) is 10.9. The fraction of sp³-hybridized carbons (Fsp3) is 0.0909. The van der Waals surface area contributed by atoms with Crippen molar-refractivity contribution in [3.63, 3.8) is 0 Å². The van der Waals surface area contributed by atoms with E-state index in [9.17, 15) is 18.0 Å². The third kappa shape index (κ3) is 5.84. The van der Waals surface area contributed by atoms with Crippen LogP contribution in [-0.4, -0.2) is 20.2 Å². The van der Waals surface area contributed by atoms with Gasteiger partial charge in [-0.25, -0.2) is 8.42 Å². The van der Waals surface area contributed by atoms with Gasteiger partial charge >= 0.3 is 0 Å². The number of hydrogen-bond acceptors (Lipinski definition) is 4. The van der Waals surface area contributed by atoms with Crippen LogP contribution in [0.5, 0.6) is 0 Å². The van der Waals surface area contributed by atoms with Crippen LogP contribution in [0.4, 0.5) is 17.1 Å². The molecular weight excluding hydrogens is 438 g/mol. The van der Waals surface area contributed by atoms with E-state index in [4.69, 9.17) is 11.6 Å². The minimum absolute atomic E-state index is 0.0790. The molecule has 0 spiro atoms. The summed E-state index contributed by atoms with van der Waals surface area (Å²) in [5.74, 6) is -0.659. The van der Waals surface area contributed by atoms with Crippen LogP contribution in [0, 0.1) is 6.92 Å². The standard InChI is InChI=1S/C22H20ClN3O4S/c1-14-6-9-19(10-7-14)31(29,30)26-21-11-8-16(12-20(21)23)22(28)25-18-5-3-4-17(13-18)24-15(2)27/h3-13,26H,1-2H3,(H,24,27)(H,25,28). The van der Waals surface area contributed by atoms with Gasteiger partial charge in [-0.15, -0.1) is 0 Å². The number of amides is 2. The van der Waals surface area contributed by atoms with Crippen molar-refractivity contribution >= 4 is 50.5 Å². The van der Waals surface area contributed by atoms with Gasteiger partial charge in [0, 0.05) is 23.9 Å². The van der Waals surface area contributed by atoms with E-state index >= 15 is 0 Å². The number of aryl methyl sites for hydroxylation is 1. The van der Waals surface area contributed by atoms with Gasteiger partial charge in [0.1, 0.15) is 0 Å². The summed E-state index contributed by atoms with van der Waals surface area (Å²) >= 11 is 6.22. The second kappa shape index (κ2) is 9.20. The Balaban J connectivity index is 1.75. The summed E-state index contributed by atoms with van der Waals surface area (Å²) in [5.41, 5.74) is 2.37. The average molecular weight is 458 g/mol. The van der Waals surface area contributed by atoms with Crippen molar-refractivity contribution in [1.82, 2.24) is 0 Å². The fourth-order valence-corrected chi connectivity index (χ4v) is 4.11. The Morgan fingerprint density at radius 1 is 0.871 bits per heavy atom. The Hall–Kier alpha value is -3.36. The van der Waals surface area contributed by atoms with Crippen molar-refractivity contribution in [1.29, 1.82) is 0 Å². The van der Waals surface area contributed by atoms with Crippen molar-refractivity contribution in [2.75, 3.05) is 15.4 Å². The maximum absolute atomic E-state index is 12.6. The lowest BCUT2D eigenvalue weighted by Crippen LogP contribution is -2.15. The van der Waals surface area contributed by atoms with Crippen molar-refractivity contribution in [3.05, 3.63) is 82.9 Å². The minimum atomic E-state index is -3.82. The highest BCUT2D eigenvalue weighted by molar-refractivity contribution is 7.92. The van der Waals surface area contributed by atoms with Gasteiger partial charge in [0.15, 0.2) is 0 Å². The Kier molecular flexibility index (Phi) is 6.62. The molecule has 3 N–H and O–H groups in total. The number of benzene rings is 3. The number of sulfonamides is 1. The SMILES string of the molecule is CC(=O)Nc1cccc(NC(=O)c2ccc(NS(=O)(=O)c3ccc(C)cc3)c(Cl)c2)c1. The Morgan fingerprint density at radius 3 is 2.13 bits per heavy atom. The Bertz CT molecular complexity index is 1240. The zero-order valence-electron chi connectivity index (χ0n) is 16.8. The first-order valence-electron chi connectivity index (χ1n) is 9.22. The van der Waals surface area contributed by atoms with E-state index in [2.05, 4.69) is 15.4 Å². The molecule has 9 heteroatoms. The van der Waals surface area contributed by atoms with E-state index in [0.29, 0.717) is 11.4 Å². The van der Waals surface area contributed by atoms with Crippen LogP contribution in [0.25, 0.3) is 0 Å². The van der Waals surface area contributed by atoms with Crippen molar-refractivity contribution in [3.8, 4) is 0 Å². The first kappa shape index (κ1) is 22.3. The quantitative estimate of drug-likeness (QED) is 0.500. The first-order chi connectivity index (χ1) is 14.6. The lowest BCUT2D eigenvalue weighted by molar-refractivity contribution is -0.114. The van der Waals surface area contributed by atoms with Crippen LogP contribution in [-0.2, 0) is 14.8 Å². The lowest BCUT2D eigenvalue weighted by atomic mass is 10.2. The fourth-order valence-electron chi connectivity index (χ4n) is 2.74. The molecule has 31 heavy (non-hydrogen) atoms. The molecule has 0 aliphatic carbocycles. The number of nitrogens with one attached hydrogen (secondary N) is 3. The van der Waals surface area contributed by atoms with Crippen molar-refractivity contribution in [2.24, 2.45) is 0 Å². The smallest absolute Gasteiger partial charge is 0.261 e. The van der Waals surface area contributed by atoms with E-state index in [1.165, 1.54) is 37.3 Å². The molecule has 3 aromatic rings. The third-order valence-electron chi connectivity index (χ3n) is 4.25. The highest BCUT2D eigenvalue weighted by atomic mass is 35.5. The van der Waals surface area contributed by atoms with E-state index in [1.54, 1.807) is 36.4 Å². The van der Waals surface area contributed by atoms with Crippen LogP contribution >= 0.6 is 11.6 Å². The predicted molar refractivity (Wildman–Crippen MR) is 122 cm³/mol. The van der Waals surface area contributed by atoms with Gasteiger partial charge < -0.3 is 10.6 Å². The molecule has 7 nitrogen and oxygen atoms in total. The number of carbonyl (C=O) groups is 2. The summed E-state index contributed by atoms with van der Waals surface area (Å²) in [6.45, 7) is 3.25. The molecule has 0 aromatic heterocycles. The summed E-state index contributed by atoms with van der Waals surface area (Å²) < 4.78 is 27.5. The molecule has 0 fully saturated rings. The van der Waals surface area contributed by atoms with Gasteiger partial charge in [0.05, 0.1) is 15.6 Å². The van der Waals surface area contributed by atoms with Gasteiger partial charge in [-0.3, -0.25) is 14.3 Å². The third-order valence-corrected chi connectivity index (χ3v) is 5.94. The van der Waals surface area contributed by atoms with Crippen LogP contribution in [0.15, 0.2) is 71.6 Å². The lowest BCUT2D eigenvalue weighted by Gasteiger charge is -2.12. The van der Waals surface area contributed by atoms with Gasteiger partial charge in [-0.1, -0.05) is 35.4 Å². The zero-order chi connectivity index (χ0) is 22.6. The van der Waals surface area contributed by atoms with Gasteiger partial charge in [-0.05, 0) is 55.5 Å². The maximum atomic E-state index is 12.6. The largest absolute Gasteiger partial charge is 0.326 e. The molecule has 3 aromatic carbocycles. The van der Waals surface area contributed by atoms with Gasteiger partial charge in [-0.2, -0.15) is 0 Å². The van der Waals surface area contributed by atoms with Gasteiger partial charge in [0.25, 0.3) is 15.9 Å². The second-order valence-corrected chi connectivity index (χ2v) is 8.92. The summed E-state index contributed by atoms with van der Waals surface area (Å²) in [4.78, 5) is 23.8. The van der Waals surface area contributed by atoms with E-state index in [0.717, 1.165) is 5.56 Å². The summed E-state index contributed by atoms with van der Waals surface area (Å²) in [7, 11) is -3.82. The van der Waals surface area contributed by atoms with E-state index in [-0.39, 0.29) is 27.1 Å². The highest BCUT2D eigenvalue weighted by Gasteiger charge is 2.17. The summed E-state index contributed by atoms with van der Waals surface area (Å²) in [6, 6.07) is 17.4. The molecule has 0 saturated heterocycles. The molecule has 0 aliphatic rings. The summed E-state index contributed by atoms with van der Waals surface area (Å²) in [6.07, 6.45) is 0. The highest BCUT2D eigenvalue weighted by Crippen LogP contribution is 2.26. The molecule has 0 saturated carbocycles. The maximum Gasteiger partial charge on any atom is 0.261 e. The van der Waals surface area contributed by atoms with Crippen LogP contribution < -0.4 is 15.4 Å². The Labute approximate surface area is 185 Å². The van der Waals surface area contributed by atoms with Crippen molar-refractivity contribution in [2.45, 2.75) is 18.7 Å². The second-order valence-electron chi connectivity index (χ2n) is 6.83. The summed E-state index contributed by atoms with van der Waals surface area (Å²) in [5, 5.41) is 5.43. The number of halogens is 1.